The fourth-order valence-electron chi connectivity index (χ4n) is 5.84. The Hall–Kier alpha value is -2.62. The number of H-pyrrole nitrogens is 2. The van der Waals surface area contributed by atoms with E-state index in [2.05, 4.69) is 26.3 Å². The first-order valence-electron chi connectivity index (χ1n) is 8.94. The summed E-state index contributed by atoms with van der Waals surface area (Å²) in [5.41, 5.74) is 8.09. The van der Waals surface area contributed by atoms with Crippen molar-refractivity contribution in [2.24, 2.45) is 28.9 Å². The molecule has 0 aliphatic heterocycles. The van der Waals surface area contributed by atoms with Gasteiger partial charge < -0.3 is 11.1 Å². The molecule has 4 bridgehead atoms. The maximum Gasteiger partial charge on any atom is 0.301 e. The van der Waals surface area contributed by atoms with Crippen molar-refractivity contribution < 1.29 is 9.78 Å². The van der Waals surface area contributed by atoms with Crippen LogP contribution < -0.4 is 16.0 Å². The van der Waals surface area contributed by atoms with E-state index in [1.165, 1.54) is 19.0 Å². The number of nitrogens with zero attached hydrogens (tertiary/aromatic N) is 2. The Morgan fingerprint density at radius 2 is 2.16 bits per heavy atom. The number of aromatic amines is 2. The number of nitrogens with one attached hydrogen (secondary N) is 3. The van der Waals surface area contributed by atoms with E-state index in [9.17, 15) is 10.1 Å². The summed E-state index contributed by atoms with van der Waals surface area (Å²) in [6.45, 7) is 0. The largest absolute Gasteiger partial charge is 0.378 e. The molecule has 25 heavy (non-hydrogen) atoms. The monoisotopic (exact) mass is 337 g/mol. The number of amides is 1. The first kappa shape index (κ1) is 14.7. The number of hydrogen-bond acceptors (Lipinski definition) is 4. The van der Waals surface area contributed by atoms with Gasteiger partial charge in [-0.3, -0.25) is 9.78 Å². The third kappa shape index (κ3) is 2.06. The molecule has 2 aromatic rings. The SMILES string of the molecule is N#CC12CC3CC(C1)C(Nc1c(C(N)=O)cnc4[nH+]c[nH]c14)C(C3)C2. The van der Waals surface area contributed by atoms with Crippen molar-refractivity contribution in [3.63, 3.8) is 0 Å². The number of primary amides is 1. The van der Waals surface area contributed by atoms with Gasteiger partial charge >= 0.3 is 5.65 Å². The Morgan fingerprint density at radius 1 is 1.40 bits per heavy atom. The maximum atomic E-state index is 11.9. The minimum Gasteiger partial charge on any atom is -0.378 e. The van der Waals surface area contributed by atoms with Gasteiger partial charge in [-0.2, -0.15) is 5.26 Å². The van der Waals surface area contributed by atoms with Gasteiger partial charge in [0.05, 0.1) is 17.2 Å². The number of anilines is 1. The molecule has 2 aromatic heterocycles. The first-order valence-corrected chi connectivity index (χ1v) is 8.94. The third-order valence-corrected chi connectivity index (χ3v) is 6.59. The second-order valence-corrected chi connectivity index (χ2v) is 8.10. The zero-order chi connectivity index (χ0) is 17.2. The van der Waals surface area contributed by atoms with Crippen LogP contribution in [0, 0.1) is 34.5 Å². The molecule has 2 atom stereocenters. The van der Waals surface area contributed by atoms with Gasteiger partial charge in [0.2, 0.25) is 0 Å². The molecule has 0 saturated heterocycles. The van der Waals surface area contributed by atoms with Crippen LogP contribution in [0.25, 0.3) is 11.2 Å². The van der Waals surface area contributed by atoms with Crippen LogP contribution in [-0.4, -0.2) is 21.9 Å². The van der Waals surface area contributed by atoms with E-state index in [0.717, 1.165) is 30.5 Å². The van der Waals surface area contributed by atoms with Gasteiger partial charge in [-0.25, -0.2) is 4.98 Å². The highest BCUT2D eigenvalue weighted by atomic mass is 16.1. The second kappa shape index (κ2) is 4.94. The van der Waals surface area contributed by atoms with Crippen molar-refractivity contribution in [2.45, 2.75) is 38.1 Å². The summed E-state index contributed by atoms with van der Waals surface area (Å²) in [5, 5.41) is 13.3. The van der Waals surface area contributed by atoms with E-state index in [1.54, 1.807) is 6.33 Å². The third-order valence-electron chi connectivity index (χ3n) is 6.59. The number of hydrogen-bond donors (Lipinski definition) is 3. The number of fused-ring (bicyclic) bond motifs is 1. The lowest BCUT2D eigenvalue weighted by atomic mass is 9.48. The molecule has 128 valence electrons. The fraction of sp³-hybridized carbons (Fsp3) is 0.556. The lowest BCUT2D eigenvalue weighted by Crippen LogP contribution is -2.55. The predicted molar refractivity (Wildman–Crippen MR) is 90.2 cm³/mol. The van der Waals surface area contributed by atoms with E-state index in [0.29, 0.717) is 29.0 Å². The lowest BCUT2D eigenvalue weighted by molar-refractivity contribution is -0.347. The molecule has 2 unspecified atom stereocenters. The van der Waals surface area contributed by atoms with Crippen LogP contribution in [0.2, 0.25) is 0 Å². The minimum atomic E-state index is -0.483. The zero-order valence-corrected chi connectivity index (χ0v) is 13.9. The van der Waals surface area contributed by atoms with Crippen molar-refractivity contribution >= 4 is 22.8 Å². The average Bonchev–Trinajstić information content (AvgIpc) is 3.06. The van der Waals surface area contributed by atoms with Crippen LogP contribution in [0.1, 0.15) is 42.5 Å². The smallest absolute Gasteiger partial charge is 0.301 e. The Balaban J connectivity index is 1.54. The number of pyridine rings is 1. The summed E-state index contributed by atoms with van der Waals surface area (Å²) >= 11 is 0. The molecule has 4 saturated carbocycles. The summed E-state index contributed by atoms with van der Waals surface area (Å²) in [6, 6.07) is 2.91. The number of nitrogens with two attached hydrogens (primary N) is 1. The highest BCUT2D eigenvalue weighted by Gasteiger charge is 2.55. The van der Waals surface area contributed by atoms with Gasteiger partial charge in [0, 0.05) is 6.04 Å². The predicted octanol–water partition coefficient (Wildman–Crippen LogP) is 1.61. The molecule has 7 nitrogen and oxygen atoms in total. The molecular weight excluding hydrogens is 316 g/mol. The van der Waals surface area contributed by atoms with Crippen molar-refractivity contribution in [1.82, 2.24) is 9.97 Å². The molecule has 4 aliphatic carbocycles. The fourth-order valence-corrected chi connectivity index (χ4v) is 5.84. The van der Waals surface area contributed by atoms with Gasteiger partial charge in [0.1, 0.15) is 11.8 Å². The highest BCUT2D eigenvalue weighted by molar-refractivity contribution is 6.04. The molecular formula is C18H21N6O+. The number of rotatable bonds is 3. The molecule has 0 aromatic carbocycles. The molecule has 6 rings (SSSR count). The average molecular weight is 337 g/mol. The summed E-state index contributed by atoms with van der Waals surface area (Å²) in [4.78, 5) is 22.3. The Labute approximate surface area is 145 Å². The molecule has 0 radical (unpaired) electrons. The Bertz CT molecular complexity index is 896. The van der Waals surface area contributed by atoms with E-state index in [-0.39, 0.29) is 11.5 Å². The van der Waals surface area contributed by atoms with Crippen LogP contribution >= 0.6 is 0 Å². The van der Waals surface area contributed by atoms with Crippen LogP contribution in [0.3, 0.4) is 0 Å². The highest BCUT2D eigenvalue weighted by Crippen LogP contribution is 2.60. The van der Waals surface area contributed by atoms with E-state index in [4.69, 9.17) is 5.73 Å². The molecule has 4 aliphatic rings. The normalized spacial score (nSPS) is 35.6. The summed E-state index contributed by atoms with van der Waals surface area (Å²) in [7, 11) is 0. The number of carbonyl (C=O) groups excluding carboxylic acids is 1. The first-order chi connectivity index (χ1) is 12.1. The van der Waals surface area contributed by atoms with E-state index < -0.39 is 5.91 Å². The minimum absolute atomic E-state index is 0.116. The molecule has 4 fully saturated rings. The van der Waals surface area contributed by atoms with Gasteiger partial charge in [0.15, 0.2) is 11.8 Å². The van der Waals surface area contributed by atoms with Crippen LogP contribution in [-0.2, 0) is 0 Å². The standard InChI is InChI=1S/C18H20N6O/c19-7-18-3-9-1-10(4-18)13(11(2-9)5-18)24-14-12(16(20)25)6-21-17-15(14)22-8-23-17/h6,8-11,13H,1-5H2,(H2,20,25)(H2,21,22,23,24)/p+1. The van der Waals surface area contributed by atoms with Crippen LogP contribution in [0.5, 0.6) is 0 Å². The lowest BCUT2D eigenvalue weighted by Gasteiger charge is -2.57. The second-order valence-electron chi connectivity index (χ2n) is 8.10. The van der Waals surface area contributed by atoms with Crippen LogP contribution in [0.4, 0.5) is 5.69 Å². The van der Waals surface area contributed by atoms with Crippen LogP contribution in [0.15, 0.2) is 12.5 Å². The Morgan fingerprint density at radius 3 is 2.84 bits per heavy atom. The van der Waals surface area contributed by atoms with Gasteiger partial charge in [0.25, 0.3) is 5.91 Å². The zero-order valence-electron chi connectivity index (χ0n) is 13.9. The number of imidazole rings is 1. The number of aromatic nitrogens is 3. The van der Waals surface area contributed by atoms with Gasteiger partial charge in [-0.05, 0) is 49.9 Å². The van der Waals surface area contributed by atoms with Crippen molar-refractivity contribution in [3.05, 3.63) is 18.1 Å². The quantitative estimate of drug-likeness (QED) is 0.787. The summed E-state index contributed by atoms with van der Waals surface area (Å²) < 4.78 is 0. The van der Waals surface area contributed by atoms with E-state index >= 15 is 0 Å². The molecule has 1 amide bonds. The van der Waals surface area contributed by atoms with Crippen molar-refractivity contribution in [3.8, 4) is 6.07 Å². The molecule has 7 heteroatoms. The summed E-state index contributed by atoms with van der Waals surface area (Å²) in [5.74, 6) is 1.16. The topological polar surface area (TPSA) is 122 Å². The number of carbonyl (C=O) groups is 1. The maximum absolute atomic E-state index is 11.9. The van der Waals surface area contributed by atoms with Gasteiger partial charge in [-0.1, -0.05) is 0 Å². The molecule has 5 N–H and O–H groups in total. The van der Waals surface area contributed by atoms with Gasteiger partial charge in [-0.15, -0.1) is 4.98 Å². The Kier molecular flexibility index (Phi) is 2.91. The van der Waals surface area contributed by atoms with Crippen molar-refractivity contribution in [1.29, 1.82) is 5.26 Å². The molecule has 0 spiro atoms. The number of nitriles is 1. The molecule has 2 heterocycles. The van der Waals surface area contributed by atoms with E-state index in [1.807, 2.05) is 0 Å². The van der Waals surface area contributed by atoms with Crippen molar-refractivity contribution in [2.75, 3.05) is 5.32 Å². The summed E-state index contributed by atoms with van der Waals surface area (Å²) in [6.07, 6.45) is 8.58.